The second kappa shape index (κ2) is 12.0. The zero-order valence-electron chi connectivity index (χ0n) is 22.7. The Hall–Kier alpha value is -3.41. The summed E-state index contributed by atoms with van der Waals surface area (Å²) in [6.07, 6.45) is 1.86. The molecule has 0 saturated carbocycles. The highest BCUT2D eigenvalue weighted by Gasteiger charge is 2.35. The highest BCUT2D eigenvalue weighted by Crippen LogP contribution is 2.40. The van der Waals surface area contributed by atoms with Gasteiger partial charge in [0.15, 0.2) is 16.3 Å². The molecule has 5 rings (SSSR count). The largest absolute Gasteiger partial charge is 0.493 e. The Kier molecular flexibility index (Phi) is 8.43. The van der Waals surface area contributed by atoms with Gasteiger partial charge in [0, 0.05) is 23.2 Å². The minimum Gasteiger partial charge on any atom is -0.493 e. The Morgan fingerprint density at radius 1 is 1.15 bits per heavy atom. The van der Waals surface area contributed by atoms with Gasteiger partial charge in [0.2, 0.25) is 0 Å². The number of benzene rings is 2. The molecular weight excluding hydrogens is 598 g/mol. The number of hydrogen-bond donors (Lipinski definition) is 0. The standard InChI is InChI=1S/C29H30BrN3O6S/c1-5-39-28(35)25-17(2)31-29-33(26(25)20-15-22(36-3)23(37-4)16-21(20)30)27(34)24(40-29)14-18-6-8-19(9-7-18)32-10-12-38-13-11-32/h6-9,14-16,26H,5,10-13H2,1-4H3/b24-14+/t26-/m1/s1. The minimum absolute atomic E-state index is 0.195. The first-order chi connectivity index (χ1) is 19.4. The second-order valence-corrected chi connectivity index (χ2v) is 11.1. The van der Waals surface area contributed by atoms with Crippen LogP contribution in [0.4, 0.5) is 5.69 Å². The van der Waals surface area contributed by atoms with Gasteiger partial charge in [-0.1, -0.05) is 39.4 Å². The van der Waals surface area contributed by atoms with Crippen LogP contribution in [0.5, 0.6) is 11.5 Å². The molecule has 2 aromatic carbocycles. The Labute approximate surface area is 244 Å². The summed E-state index contributed by atoms with van der Waals surface area (Å²) in [6, 6.07) is 10.9. The third kappa shape index (κ3) is 5.33. The van der Waals surface area contributed by atoms with Crippen molar-refractivity contribution >= 4 is 45.0 Å². The molecule has 0 unspecified atom stereocenters. The summed E-state index contributed by atoms with van der Waals surface area (Å²) in [6.45, 7) is 6.84. The van der Waals surface area contributed by atoms with E-state index in [0.29, 0.717) is 55.4 Å². The van der Waals surface area contributed by atoms with E-state index in [1.807, 2.05) is 18.2 Å². The molecule has 2 aliphatic rings. The number of carbonyl (C=O) groups is 1. The number of halogens is 1. The van der Waals surface area contributed by atoms with E-state index in [1.165, 1.54) is 11.3 Å². The fraction of sp³-hybridized carbons (Fsp3) is 0.345. The van der Waals surface area contributed by atoms with Gasteiger partial charge in [-0.25, -0.2) is 9.79 Å². The quantitative estimate of drug-likeness (QED) is 0.371. The van der Waals surface area contributed by atoms with E-state index < -0.39 is 12.0 Å². The molecule has 210 valence electrons. The number of esters is 1. The number of allylic oxidation sites excluding steroid dienone is 1. The number of aromatic nitrogens is 1. The predicted molar refractivity (Wildman–Crippen MR) is 157 cm³/mol. The number of hydrogen-bond acceptors (Lipinski definition) is 9. The van der Waals surface area contributed by atoms with Crippen LogP contribution in [-0.2, 0) is 14.3 Å². The fourth-order valence-electron chi connectivity index (χ4n) is 4.92. The summed E-state index contributed by atoms with van der Waals surface area (Å²) in [4.78, 5) is 34.6. The highest BCUT2D eigenvalue weighted by molar-refractivity contribution is 9.10. The number of rotatable bonds is 7. The lowest BCUT2D eigenvalue weighted by Gasteiger charge is -2.28. The smallest absolute Gasteiger partial charge is 0.338 e. The number of nitrogens with zero attached hydrogens (tertiary/aromatic N) is 3. The molecule has 1 atom stereocenters. The van der Waals surface area contributed by atoms with Crippen LogP contribution in [0.25, 0.3) is 6.08 Å². The second-order valence-electron chi connectivity index (χ2n) is 9.22. The van der Waals surface area contributed by atoms with E-state index in [-0.39, 0.29) is 12.2 Å². The minimum atomic E-state index is -0.782. The Bertz CT molecular complexity index is 1640. The summed E-state index contributed by atoms with van der Waals surface area (Å²) < 4.78 is 24.6. The van der Waals surface area contributed by atoms with Gasteiger partial charge in [-0.05, 0) is 55.3 Å². The zero-order chi connectivity index (χ0) is 28.4. The molecular formula is C29H30BrN3O6S. The summed E-state index contributed by atoms with van der Waals surface area (Å²) in [7, 11) is 3.09. The third-order valence-electron chi connectivity index (χ3n) is 6.88. The molecule has 3 heterocycles. The normalized spacial score (nSPS) is 17.4. The van der Waals surface area contributed by atoms with Gasteiger partial charge in [-0.2, -0.15) is 0 Å². The molecule has 0 radical (unpaired) electrons. The van der Waals surface area contributed by atoms with E-state index >= 15 is 0 Å². The van der Waals surface area contributed by atoms with Crippen molar-refractivity contribution in [2.45, 2.75) is 19.9 Å². The maximum Gasteiger partial charge on any atom is 0.338 e. The highest BCUT2D eigenvalue weighted by atomic mass is 79.9. The number of ether oxygens (including phenoxy) is 4. The van der Waals surface area contributed by atoms with E-state index in [1.54, 1.807) is 44.8 Å². The summed E-state index contributed by atoms with van der Waals surface area (Å²) in [5.74, 6) is 0.467. The van der Waals surface area contributed by atoms with Crippen LogP contribution in [0, 0.1) is 0 Å². The average Bonchev–Trinajstić information content (AvgIpc) is 3.27. The molecule has 0 bridgehead atoms. The van der Waals surface area contributed by atoms with Gasteiger partial charge in [0.1, 0.15) is 0 Å². The Morgan fingerprint density at radius 3 is 2.48 bits per heavy atom. The summed E-state index contributed by atoms with van der Waals surface area (Å²) in [5, 5.41) is 0. The number of carbonyl (C=O) groups excluding carboxylic acids is 1. The summed E-state index contributed by atoms with van der Waals surface area (Å²) in [5.41, 5.74) is 3.21. The van der Waals surface area contributed by atoms with E-state index in [0.717, 1.165) is 24.3 Å². The number of morpholine rings is 1. The van der Waals surface area contributed by atoms with Crippen molar-refractivity contribution in [2.24, 2.45) is 4.99 Å². The van der Waals surface area contributed by atoms with Crippen LogP contribution >= 0.6 is 27.3 Å². The monoisotopic (exact) mass is 627 g/mol. The van der Waals surface area contributed by atoms with Crippen LogP contribution in [0.1, 0.15) is 31.0 Å². The van der Waals surface area contributed by atoms with Gasteiger partial charge in [-0.15, -0.1) is 0 Å². The molecule has 2 aliphatic heterocycles. The number of fused-ring (bicyclic) bond motifs is 1. The van der Waals surface area contributed by atoms with Crippen molar-refractivity contribution in [3.8, 4) is 11.5 Å². The molecule has 1 saturated heterocycles. The lowest BCUT2D eigenvalue weighted by Crippen LogP contribution is -2.40. The van der Waals surface area contributed by atoms with Gasteiger partial charge in [-0.3, -0.25) is 9.36 Å². The Morgan fingerprint density at radius 2 is 1.82 bits per heavy atom. The van der Waals surface area contributed by atoms with Crippen LogP contribution in [0.2, 0.25) is 0 Å². The number of anilines is 1. The topological polar surface area (TPSA) is 91.6 Å². The number of thiazole rings is 1. The van der Waals surface area contributed by atoms with Crippen LogP contribution in [0.3, 0.4) is 0 Å². The molecule has 1 fully saturated rings. The molecule has 11 heteroatoms. The van der Waals surface area contributed by atoms with Gasteiger partial charge < -0.3 is 23.8 Å². The lowest BCUT2D eigenvalue weighted by atomic mass is 9.95. The van der Waals surface area contributed by atoms with E-state index in [4.69, 9.17) is 18.9 Å². The molecule has 0 amide bonds. The van der Waals surface area contributed by atoms with Crippen LogP contribution in [0.15, 0.2) is 61.9 Å². The van der Waals surface area contributed by atoms with Crippen molar-refractivity contribution in [3.05, 3.63) is 83.0 Å². The molecule has 40 heavy (non-hydrogen) atoms. The molecule has 0 N–H and O–H groups in total. The van der Waals surface area contributed by atoms with Gasteiger partial charge in [0.05, 0.1) is 55.9 Å². The lowest BCUT2D eigenvalue weighted by molar-refractivity contribution is -0.139. The number of methoxy groups -OCH3 is 2. The third-order valence-corrected chi connectivity index (χ3v) is 8.55. The molecule has 3 aromatic rings. The Balaban J connectivity index is 1.64. The van der Waals surface area contributed by atoms with Crippen LogP contribution in [-0.4, -0.2) is 57.7 Å². The fourth-order valence-corrected chi connectivity index (χ4v) is 6.51. The molecule has 0 aliphatic carbocycles. The van der Waals surface area contributed by atoms with Crippen LogP contribution < -0.4 is 29.3 Å². The van der Waals surface area contributed by atoms with Crippen molar-refractivity contribution in [1.29, 1.82) is 0 Å². The maximum atomic E-state index is 14.0. The van der Waals surface area contributed by atoms with Crippen molar-refractivity contribution in [1.82, 2.24) is 4.57 Å². The van der Waals surface area contributed by atoms with Gasteiger partial charge in [0.25, 0.3) is 5.56 Å². The molecule has 9 nitrogen and oxygen atoms in total. The average molecular weight is 629 g/mol. The van der Waals surface area contributed by atoms with Crippen molar-refractivity contribution in [2.75, 3.05) is 52.0 Å². The summed E-state index contributed by atoms with van der Waals surface area (Å²) >= 11 is 4.91. The first kappa shape index (κ1) is 28.1. The first-order valence-corrected chi connectivity index (χ1v) is 14.5. The van der Waals surface area contributed by atoms with Crippen molar-refractivity contribution < 1.29 is 23.7 Å². The van der Waals surface area contributed by atoms with Gasteiger partial charge >= 0.3 is 5.97 Å². The molecule has 1 aromatic heterocycles. The first-order valence-electron chi connectivity index (χ1n) is 12.9. The molecule has 0 spiro atoms. The zero-order valence-corrected chi connectivity index (χ0v) is 25.1. The maximum absolute atomic E-state index is 14.0. The van der Waals surface area contributed by atoms with E-state index in [9.17, 15) is 9.59 Å². The predicted octanol–water partition coefficient (Wildman–Crippen LogP) is 3.41. The SMILES string of the molecule is CCOC(=O)C1=C(C)N=c2s/c(=C/c3ccc(N4CCOCC4)cc3)c(=O)n2[C@@H]1c1cc(OC)c(OC)cc1Br. The van der Waals surface area contributed by atoms with E-state index in [2.05, 4.69) is 38.0 Å². The van der Waals surface area contributed by atoms with Crippen molar-refractivity contribution in [3.63, 3.8) is 0 Å².